The van der Waals surface area contributed by atoms with Gasteiger partial charge in [-0.05, 0) is 38.6 Å². The summed E-state index contributed by atoms with van der Waals surface area (Å²) < 4.78 is 0. The molecular weight excluding hydrogens is 202 g/mol. The Labute approximate surface area is 98.6 Å². The van der Waals surface area contributed by atoms with Crippen molar-refractivity contribution in [3.05, 3.63) is 0 Å². The minimum atomic E-state index is -0.602. The van der Waals surface area contributed by atoms with Crippen LogP contribution in [0.15, 0.2) is 0 Å². The van der Waals surface area contributed by atoms with Crippen molar-refractivity contribution < 1.29 is 9.90 Å². The van der Waals surface area contributed by atoms with Gasteiger partial charge in [0.05, 0.1) is 5.92 Å². The highest BCUT2D eigenvalue weighted by atomic mass is 16.4. The number of carboxylic acids is 1. The maximum Gasteiger partial charge on any atom is 0.306 e. The Morgan fingerprint density at radius 3 is 2.75 bits per heavy atom. The van der Waals surface area contributed by atoms with Crippen LogP contribution in [0.2, 0.25) is 0 Å². The highest BCUT2D eigenvalue weighted by Gasteiger charge is 2.30. The first-order valence-electron chi connectivity index (χ1n) is 6.61. The largest absolute Gasteiger partial charge is 0.481 e. The van der Waals surface area contributed by atoms with Gasteiger partial charge in [0.15, 0.2) is 0 Å². The van der Waals surface area contributed by atoms with Crippen LogP contribution in [0.4, 0.5) is 0 Å². The zero-order chi connectivity index (χ0) is 12.0. The van der Waals surface area contributed by atoms with E-state index in [2.05, 4.69) is 19.2 Å². The quantitative estimate of drug-likeness (QED) is 0.733. The van der Waals surface area contributed by atoms with Gasteiger partial charge in [-0.1, -0.05) is 26.2 Å². The van der Waals surface area contributed by atoms with Crippen LogP contribution in [0.25, 0.3) is 0 Å². The first kappa shape index (κ1) is 13.5. The van der Waals surface area contributed by atoms with Gasteiger partial charge in [0.1, 0.15) is 0 Å². The lowest BCUT2D eigenvalue weighted by Gasteiger charge is -2.29. The normalized spacial score (nSPS) is 27.6. The van der Waals surface area contributed by atoms with Gasteiger partial charge in [-0.3, -0.25) is 4.79 Å². The molecule has 0 spiro atoms. The standard InChI is InChI=1S/C13H25NO2/c1-3-6-10(2)14-9-11-7-4-5-8-12(11)13(15)16/h10-12,14H,3-9H2,1-2H3,(H,15,16). The van der Waals surface area contributed by atoms with Gasteiger partial charge in [-0.25, -0.2) is 0 Å². The fourth-order valence-electron chi connectivity index (χ4n) is 2.66. The van der Waals surface area contributed by atoms with Crippen LogP contribution < -0.4 is 5.32 Å². The van der Waals surface area contributed by atoms with E-state index in [9.17, 15) is 4.79 Å². The van der Waals surface area contributed by atoms with E-state index < -0.39 is 5.97 Å². The minimum Gasteiger partial charge on any atom is -0.481 e. The molecule has 3 unspecified atom stereocenters. The van der Waals surface area contributed by atoms with Crippen LogP contribution in [-0.4, -0.2) is 23.7 Å². The van der Waals surface area contributed by atoms with Gasteiger partial charge in [-0.2, -0.15) is 0 Å². The second-order valence-electron chi connectivity index (χ2n) is 5.09. The van der Waals surface area contributed by atoms with E-state index in [0.29, 0.717) is 12.0 Å². The van der Waals surface area contributed by atoms with Crippen molar-refractivity contribution in [2.75, 3.05) is 6.54 Å². The Kier molecular flexibility index (Phi) is 5.81. The zero-order valence-electron chi connectivity index (χ0n) is 10.5. The van der Waals surface area contributed by atoms with Crippen LogP contribution in [0.1, 0.15) is 52.4 Å². The zero-order valence-corrected chi connectivity index (χ0v) is 10.5. The molecule has 16 heavy (non-hydrogen) atoms. The highest BCUT2D eigenvalue weighted by molar-refractivity contribution is 5.70. The summed E-state index contributed by atoms with van der Waals surface area (Å²) in [6.45, 7) is 5.24. The number of hydrogen-bond donors (Lipinski definition) is 2. The third-order valence-corrected chi connectivity index (χ3v) is 3.68. The number of rotatable bonds is 6. The molecule has 0 aromatic carbocycles. The molecular formula is C13H25NO2. The summed E-state index contributed by atoms with van der Waals surface area (Å²) in [6.07, 6.45) is 6.56. The lowest BCUT2D eigenvalue weighted by Crippen LogP contribution is -2.38. The number of carbonyl (C=O) groups is 1. The van der Waals surface area contributed by atoms with Crippen LogP contribution in [-0.2, 0) is 4.79 Å². The van der Waals surface area contributed by atoms with Crippen molar-refractivity contribution in [2.24, 2.45) is 11.8 Å². The van der Waals surface area contributed by atoms with Crippen LogP contribution in [0.5, 0.6) is 0 Å². The van der Waals surface area contributed by atoms with Crippen molar-refractivity contribution >= 4 is 5.97 Å². The lowest BCUT2D eigenvalue weighted by atomic mass is 9.79. The van der Waals surface area contributed by atoms with E-state index in [-0.39, 0.29) is 5.92 Å². The number of aliphatic carboxylic acids is 1. The molecule has 3 nitrogen and oxygen atoms in total. The Morgan fingerprint density at radius 2 is 2.12 bits per heavy atom. The fraction of sp³-hybridized carbons (Fsp3) is 0.923. The highest BCUT2D eigenvalue weighted by Crippen LogP contribution is 2.29. The van der Waals surface area contributed by atoms with Gasteiger partial charge in [0, 0.05) is 6.04 Å². The van der Waals surface area contributed by atoms with Crippen molar-refractivity contribution in [3.8, 4) is 0 Å². The van der Waals surface area contributed by atoms with E-state index in [0.717, 1.165) is 25.8 Å². The Bertz CT molecular complexity index is 218. The van der Waals surface area contributed by atoms with E-state index >= 15 is 0 Å². The summed E-state index contributed by atoms with van der Waals surface area (Å²) in [6, 6.07) is 0.515. The fourth-order valence-corrected chi connectivity index (χ4v) is 2.66. The van der Waals surface area contributed by atoms with E-state index in [1.807, 2.05) is 0 Å². The third kappa shape index (κ3) is 4.12. The predicted molar refractivity (Wildman–Crippen MR) is 65.5 cm³/mol. The summed E-state index contributed by atoms with van der Waals surface area (Å²) in [5.41, 5.74) is 0. The second kappa shape index (κ2) is 6.89. The summed E-state index contributed by atoms with van der Waals surface area (Å²) in [5, 5.41) is 12.6. The molecule has 3 heteroatoms. The Morgan fingerprint density at radius 1 is 1.44 bits per heavy atom. The summed E-state index contributed by atoms with van der Waals surface area (Å²) in [4.78, 5) is 11.1. The number of carboxylic acid groups (broad SMARTS) is 1. The summed E-state index contributed by atoms with van der Waals surface area (Å²) >= 11 is 0. The molecule has 0 amide bonds. The molecule has 0 bridgehead atoms. The van der Waals surface area contributed by atoms with Crippen LogP contribution >= 0.6 is 0 Å². The SMILES string of the molecule is CCCC(C)NCC1CCCCC1C(=O)O. The topological polar surface area (TPSA) is 49.3 Å². The summed E-state index contributed by atoms with van der Waals surface area (Å²) in [7, 11) is 0. The molecule has 0 aromatic rings. The van der Waals surface area contributed by atoms with Gasteiger partial charge in [0.2, 0.25) is 0 Å². The molecule has 94 valence electrons. The first-order valence-corrected chi connectivity index (χ1v) is 6.61. The summed E-state index contributed by atoms with van der Waals surface area (Å²) in [5.74, 6) is -0.379. The minimum absolute atomic E-state index is 0.116. The van der Waals surface area contributed by atoms with E-state index in [1.54, 1.807) is 0 Å². The molecule has 1 rings (SSSR count). The molecule has 1 aliphatic rings. The number of hydrogen-bond acceptors (Lipinski definition) is 2. The lowest BCUT2D eigenvalue weighted by molar-refractivity contribution is -0.144. The average Bonchev–Trinajstić information content (AvgIpc) is 2.27. The molecule has 1 saturated carbocycles. The monoisotopic (exact) mass is 227 g/mol. The third-order valence-electron chi connectivity index (χ3n) is 3.68. The molecule has 0 aliphatic heterocycles. The molecule has 1 fully saturated rings. The van der Waals surface area contributed by atoms with Gasteiger partial charge in [-0.15, -0.1) is 0 Å². The molecule has 0 aromatic heterocycles. The van der Waals surface area contributed by atoms with Gasteiger partial charge >= 0.3 is 5.97 Å². The maximum atomic E-state index is 11.1. The van der Waals surface area contributed by atoms with E-state index in [4.69, 9.17) is 5.11 Å². The molecule has 3 atom stereocenters. The maximum absolute atomic E-state index is 11.1. The second-order valence-corrected chi connectivity index (χ2v) is 5.09. The molecule has 2 N–H and O–H groups in total. The molecule has 0 radical (unpaired) electrons. The van der Waals surface area contributed by atoms with Crippen LogP contribution in [0, 0.1) is 11.8 Å². The average molecular weight is 227 g/mol. The Balaban J connectivity index is 2.35. The molecule has 1 aliphatic carbocycles. The molecule has 0 saturated heterocycles. The van der Waals surface area contributed by atoms with Gasteiger partial charge < -0.3 is 10.4 Å². The first-order chi connectivity index (χ1) is 7.65. The Hall–Kier alpha value is -0.570. The van der Waals surface area contributed by atoms with E-state index in [1.165, 1.54) is 19.3 Å². The van der Waals surface area contributed by atoms with Gasteiger partial charge in [0.25, 0.3) is 0 Å². The van der Waals surface area contributed by atoms with Crippen molar-refractivity contribution in [1.29, 1.82) is 0 Å². The van der Waals surface area contributed by atoms with Crippen molar-refractivity contribution in [1.82, 2.24) is 5.32 Å². The predicted octanol–water partition coefficient (Wildman–Crippen LogP) is 2.66. The van der Waals surface area contributed by atoms with Crippen molar-refractivity contribution in [3.63, 3.8) is 0 Å². The molecule has 0 heterocycles. The smallest absolute Gasteiger partial charge is 0.306 e. The number of nitrogens with one attached hydrogen (secondary N) is 1. The van der Waals surface area contributed by atoms with Crippen LogP contribution in [0.3, 0.4) is 0 Å². The van der Waals surface area contributed by atoms with Crippen molar-refractivity contribution in [2.45, 2.75) is 58.4 Å².